The van der Waals surface area contributed by atoms with E-state index in [-0.39, 0.29) is 22.3 Å². The maximum atomic E-state index is 13.5. The van der Waals surface area contributed by atoms with Crippen LogP contribution in [0.2, 0.25) is 0 Å². The number of halogens is 3. The van der Waals surface area contributed by atoms with E-state index in [1.54, 1.807) is 6.07 Å². The quantitative estimate of drug-likeness (QED) is 0.710. The molecule has 1 heterocycles. The third kappa shape index (κ3) is 3.31. The van der Waals surface area contributed by atoms with Gasteiger partial charge in [-0.2, -0.15) is 0 Å². The topological polar surface area (TPSA) is 43.4 Å². The molecule has 1 aliphatic heterocycles. The Balaban J connectivity index is 2.33. The fraction of sp³-hybridized carbons (Fsp3) is 0.500. The fourth-order valence-electron chi connectivity index (χ4n) is 2.24. The van der Waals surface area contributed by atoms with Crippen LogP contribution >= 0.6 is 31.9 Å². The van der Waals surface area contributed by atoms with Crippen molar-refractivity contribution in [3.05, 3.63) is 28.0 Å². The molecule has 1 aromatic rings. The second kappa shape index (κ2) is 5.69. The summed E-state index contributed by atoms with van der Waals surface area (Å²) in [6, 6.07) is 2.94. The monoisotopic (exact) mass is 414 g/mol. The van der Waals surface area contributed by atoms with E-state index in [9.17, 15) is 12.8 Å². The minimum atomic E-state index is -2.94. The smallest absolute Gasteiger partial charge is 0.150 e. The normalized spacial score (nSPS) is 23.3. The molecule has 2 unspecified atom stereocenters. The zero-order valence-corrected chi connectivity index (χ0v) is 14.2. The van der Waals surface area contributed by atoms with Crippen molar-refractivity contribution in [1.29, 1.82) is 0 Å². The second-order valence-electron chi connectivity index (χ2n) is 4.57. The zero-order valence-electron chi connectivity index (χ0n) is 10.2. The van der Waals surface area contributed by atoms with Crippen LogP contribution < -0.4 is 4.74 Å². The van der Waals surface area contributed by atoms with Gasteiger partial charge in [-0.25, -0.2) is 12.8 Å². The van der Waals surface area contributed by atoms with Gasteiger partial charge in [-0.3, -0.25) is 0 Å². The molecule has 0 amide bonds. The van der Waals surface area contributed by atoms with Gasteiger partial charge in [-0.15, -0.1) is 0 Å². The molecule has 1 saturated heterocycles. The Kier molecular flexibility index (Phi) is 4.57. The number of hydrogen-bond acceptors (Lipinski definition) is 3. The molecule has 2 rings (SSSR count). The molecule has 106 valence electrons. The number of methoxy groups -OCH3 is 1. The molecule has 0 aliphatic carbocycles. The van der Waals surface area contributed by atoms with Crippen LogP contribution in [0.4, 0.5) is 4.39 Å². The molecule has 1 fully saturated rings. The van der Waals surface area contributed by atoms with Gasteiger partial charge >= 0.3 is 0 Å². The van der Waals surface area contributed by atoms with Crippen LogP contribution in [-0.4, -0.2) is 27.0 Å². The van der Waals surface area contributed by atoms with Gasteiger partial charge in [0.25, 0.3) is 0 Å². The Hall–Kier alpha value is -0.140. The van der Waals surface area contributed by atoms with Crippen molar-refractivity contribution in [2.24, 2.45) is 5.92 Å². The molecular weight excluding hydrogens is 403 g/mol. The van der Waals surface area contributed by atoms with Crippen molar-refractivity contribution in [2.75, 3.05) is 18.6 Å². The van der Waals surface area contributed by atoms with Crippen molar-refractivity contribution < 1.29 is 17.5 Å². The summed E-state index contributed by atoms with van der Waals surface area (Å²) in [6.45, 7) is 0. The zero-order chi connectivity index (χ0) is 14.2. The van der Waals surface area contributed by atoms with Gasteiger partial charge in [0.1, 0.15) is 11.6 Å². The van der Waals surface area contributed by atoms with Crippen molar-refractivity contribution >= 4 is 41.7 Å². The Labute approximate surface area is 128 Å². The predicted octanol–water partition coefficient (Wildman–Crippen LogP) is 3.47. The summed E-state index contributed by atoms with van der Waals surface area (Å²) >= 11 is 6.67. The largest absolute Gasteiger partial charge is 0.496 e. The number of hydrogen-bond donors (Lipinski definition) is 0. The van der Waals surface area contributed by atoms with Gasteiger partial charge in [0.2, 0.25) is 0 Å². The van der Waals surface area contributed by atoms with Crippen molar-refractivity contribution in [3.63, 3.8) is 0 Å². The molecule has 7 heteroatoms. The maximum absolute atomic E-state index is 13.5. The number of rotatable bonds is 3. The van der Waals surface area contributed by atoms with E-state index in [0.717, 1.165) is 5.56 Å². The van der Waals surface area contributed by atoms with Crippen molar-refractivity contribution in [3.8, 4) is 5.75 Å². The summed E-state index contributed by atoms with van der Waals surface area (Å²) in [5.74, 6) is 0.369. The van der Waals surface area contributed by atoms with Crippen LogP contribution in [0.1, 0.15) is 16.8 Å². The Morgan fingerprint density at radius 3 is 2.68 bits per heavy atom. The lowest BCUT2D eigenvalue weighted by Crippen LogP contribution is -2.11. The molecule has 1 aromatic carbocycles. The highest BCUT2D eigenvalue weighted by atomic mass is 79.9. The molecule has 0 aromatic heterocycles. The molecule has 0 N–H and O–H groups in total. The van der Waals surface area contributed by atoms with Crippen LogP contribution in [0.15, 0.2) is 16.6 Å². The second-order valence-corrected chi connectivity index (χ2v) is 8.64. The Morgan fingerprint density at radius 1 is 1.47 bits per heavy atom. The fourth-order valence-corrected chi connectivity index (χ4v) is 5.50. The number of sulfone groups is 1. The highest BCUT2D eigenvalue weighted by molar-refractivity contribution is 9.10. The molecule has 0 radical (unpaired) electrons. The van der Waals surface area contributed by atoms with Gasteiger partial charge in [-0.05, 0) is 34.3 Å². The minimum Gasteiger partial charge on any atom is -0.496 e. The van der Waals surface area contributed by atoms with E-state index in [2.05, 4.69) is 31.9 Å². The lowest BCUT2D eigenvalue weighted by Gasteiger charge is -2.19. The van der Waals surface area contributed by atoms with Crippen LogP contribution in [-0.2, 0) is 9.84 Å². The lowest BCUT2D eigenvalue weighted by molar-refractivity contribution is 0.401. The number of alkyl halides is 1. The van der Waals surface area contributed by atoms with E-state index in [0.29, 0.717) is 16.6 Å². The molecule has 1 aliphatic rings. The summed E-state index contributed by atoms with van der Waals surface area (Å²) in [4.78, 5) is -0.170. The molecule has 2 atom stereocenters. The molecular formula is C12H13Br2FO3S. The first-order valence-corrected chi connectivity index (χ1v) is 9.24. The van der Waals surface area contributed by atoms with Gasteiger partial charge in [0.05, 0.1) is 23.1 Å². The standard InChI is InChI=1S/C12H13Br2FO3S/c1-18-11-5-10(15)9(13)4-8(11)12(14)7-2-3-19(16,17)6-7/h4-5,7,12H,2-3,6H2,1H3. The molecule has 0 spiro atoms. The van der Waals surface area contributed by atoms with E-state index in [1.165, 1.54) is 13.2 Å². The maximum Gasteiger partial charge on any atom is 0.150 e. The van der Waals surface area contributed by atoms with Crippen molar-refractivity contribution in [1.82, 2.24) is 0 Å². The summed E-state index contributed by atoms with van der Waals surface area (Å²) in [7, 11) is -1.47. The van der Waals surface area contributed by atoms with E-state index in [1.807, 2.05) is 0 Å². The van der Waals surface area contributed by atoms with E-state index in [4.69, 9.17) is 4.74 Å². The third-order valence-corrected chi connectivity index (χ3v) is 6.89. The summed E-state index contributed by atoms with van der Waals surface area (Å²) in [6.07, 6.45) is 0.608. The minimum absolute atomic E-state index is 0.0174. The lowest BCUT2D eigenvalue weighted by atomic mass is 9.98. The summed E-state index contributed by atoms with van der Waals surface area (Å²) in [5.41, 5.74) is 0.762. The van der Waals surface area contributed by atoms with Crippen LogP contribution in [0.5, 0.6) is 5.75 Å². The molecule has 0 saturated carbocycles. The first-order chi connectivity index (χ1) is 8.84. The van der Waals surface area contributed by atoms with Crippen LogP contribution in [0, 0.1) is 11.7 Å². The molecule has 19 heavy (non-hydrogen) atoms. The first-order valence-electron chi connectivity index (χ1n) is 5.71. The van der Waals surface area contributed by atoms with Gasteiger partial charge in [0, 0.05) is 16.5 Å². The average Bonchev–Trinajstić information content (AvgIpc) is 2.71. The summed E-state index contributed by atoms with van der Waals surface area (Å²) < 4.78 is 42.0. The Bertz CT molecular complexity index is 589. The molecule has 0 bridgehead atoms. The van der Waals surface area contributed by atoms with E-state index >= 15 is 0 Å². The third-order valence-electron chi connectivity index (χ3n) is 3.25. The van der Waals surface area contributed by atoms with Crippen LogP contribution in [0.25, 0.3) is 0 Å². The SMILES string of the molecule is COc1cc(F)c(Br)cc1C(Br)C1CCS(=O)(=O)C1. The van der Waals surface area contributed by atoms with Crippen molar-refractivity contribution in [2.45, 2.75) is 11.2 Å². The first kappa shape index (κ1) is 15.3. The van der Waals surface area contributed by atoms with Gasteiger partial charge < -0.3 is 4.74 Å². The van der Waals surface area contributed by atoms with Gasteiger partial charge in [-0.1, -0.05) is 15.9 Å². The van der Waals surface area contributed by atoms with Crippen LogP contribution in [0.3, 0.4) is 0 Å². The highest BCUT2D eigenvalue weighted by Crippen LogP contribution is 2.43. The highest BCUT2D eigenvalue weighted by Gasteiger charge is 2.34. The molecule has 3 nitrogen and oxygen atoms in total. The average molecular weight is 416 g/mol. The number of ether oxygens (including phenoxy) is 1. The van der Waals surface area contributed by atoms with E-state index < -0.39 is 15.7 Å². The number of benzene rings is 1. The Morgan fingerprint density at radius 2 is 2.16 bits per heavy atom. The predicted molar refractivity (Wildman–Crippen MR) is 79.1 cm³/mol. The summed E-state index contributed by atoms with van der Waals surface area (Å²) in [5, 5.41) is 0. The van der Waals surface area contributed by atoms with Gasteiger partial charge in [0.15, 0.2) is 9.84 Å².